The summed E-state index contributed by atoms with van der Waals surface area (Å²) in [6, 6.07) is 0. The molecule has 0 radical (unpaired) electrons. The number of aliphatic hydroxyl groups excluding tert-OH is 1. The fourth-order valence-electron chi connectivity index (χ4n) is 4.72. The summed E-state index contributed by atoms with van der Waals surface area (Å²) in [5.41, 5.74) is 0. The maximum atomic E-state index is 10.1. The molecule has 0 aromatic heterocycles. The highest BCUT2D eigenvalue weighted by molar-refractivity contribution is 4.85. The van der Waals surface area contributed by atoms with Crippen molar-refractivity contribution < 1.29 is 19.3 Å². The van der Waals surface area contributed by atoms with Crippen molar-refractivity contribution in [1.29, 1.82) is 0 Å². The van der Waals surface area contributed by atoms with E-state index in [0.717, 1.165) is 70.8 Å². The van der Waals surface area contributed by atoms with Crippen LogP contribution in [0.15, 0.2) is 0 Å². The summed E-state index contributed by atoms with van der Waals surface area (Å²) < 4.78 is 16.4. The molecule has 3 aliphatic heterocycles. The number of aliphatic hydroxyl groups is 1. The van der Waals surface area contributed by atoms with Gasteiger partial charge in [0.15, 0.2) is 0 Å². The first-order valence-electron chi connectivity index (χ1n) is 11.2. The molecule has 0 amide bonds. The zero-order chi connectivity index (χ0) is 18.6. The highest BCUT2D eigenvalue weighted by atomic mass is 16.6. The van der Waals surface area contributed by atoms with Crippen LogP contribution in [0.25, 0.3) is 0 Å². The highest BCUT2D eigenvalue weighted by Crippen LogP contribution is 2.31. The predicted octanol–water partition coefficient (Wildman–Crippen LogP) is 1.36. The topological polar surface area (TPSA) is 64.3 Å². The van der Waals surface area contributed by atoms with Gasteiger partial charge in [0.1, 0.15) is 0 Å². The Balaban J connectivity index is 1.25. The normalized spacial score (nSPS) is 36.2. The van der Waals surface area contributed by atoms with Gasteiger partial charge >= 0.3 is 0 Å². The SMILES string of the molecule is CCC(O)CN(CC1CCCC(CN(CC2CO2)CC2CO2)C1)CC1CO1. The lowest BCUT2D eigenvalue weighted by molar-refractivity contribution is 0.0806. The highest BCUT2D eigenvalue weighted by Gasteiger charge is 2.34. The second-order valence-corrected chi connectivity index (χ2v) is 9.26. The Morgan fingerprint density at radius 3 is 1.78 bits per heavy atom. The van der Waals surface area contributed by atoms with Gasteiger partial charge in [0.25, 0.3) is 0 Å². The molecular weight excluding hydrogens is 344 g/mol. The van der Waals surface area contributed by atoms with Gasteiger partial charge in [-0.05, 0) is 37.5 Å². The molecule has 0 spiro atoms. The minimum absolute atomic E-state index is 0.212. The van der Waals surface area contributed by atoms with Crippen LogP contribution in [0.4, 0.5) is 0 Å². The molecule has 4 aliphatic rings. The molecule has 3 heterocycles. The maximum absolute atomic E-state index is 10.1. The summed E-state index contributed by atoms with van der Waals surface area (Å²) in [4.78, 5) is 5.06. The fraction of sp³-hybridized carbons (Fsp3) is 1.00. The minimum Gasteiger partial charge on any atom is -0.392 e. The molecule has 6 atom stereocenters. The van der Waals surface area contributed by atoms with E-state index in [1.165, 1.54) is 32.2 Å². The van der Waals surface area contributed by atoms with Crippen molar-refractivity contribution in [3.8, 4) is 0 Å². The van der Waals surface area contributed by atoms with Gasteiger partial charge < -0.3 is 19.3 Å². The van der Waals surface area contributed by atoms with Crippen LogP contribution in [0, 0.1) is 11.8 Å². The van der Waals surface area contributed by atoms with Crippen LogP contribution in [0.3, 0.4) is 0 Å². The maximum Gasteiger partial charge on any atom is 0.0936 e. The summed E-state index contributed by atoms with van der Waals surface area (Å²) in [7, 11) is 0. The minimum atomic E-state index is -0.212. The van der Waals surface area contributed by atoms with Crippen LogP contribution in [0.5, 0.6) is 0 Å². The van der Waals surface area contributed by atoms with E-state index in [-0.39, 0.29) is 6.10 Å². The van der Waals surface area contributed by atoms with Gasteiger partial charge in [-0.3, -0.25) is 9.80 Å². The first-order valence-corrected chi connectivity index (χ1v) is 11.2. The van der Waals surface area contributed by atoms with Crippen molar-refractivity contribution in [2.24, 2.45) is 11.8 Å². The molecule has 0 bridgehead atoms. The number of nitrogens with zero attached hydrogens (tertiary/aromatic N) is 2. The molecule has 1 N–H and O–H groups in total. The number of hydrogen-bond acceptors (Lipinski definition) is 6. The quantitative estimate of drug-likeness (QED) is 0.485. The average molecular weight is 383 g/mol. The van der Waals surface area contributed by atoms with Crippen molar-refractivity contribution in [3.05, 3.63) is 0 Å². The van der Waals surface area contributed by atoms with Gasteiger partial charge in [-0.15, -0.1) is 0 Å². The first-order chi connectivity index (χ1) is 13.2. The molecule has 4 rings (SSSR count). The van der Waals surface area contributed by atoms with Gasteiger partial charge in [0, 0.05) is 39.3 Å². The lowest BCUT2D eigenvalue weighted by atomic mass is 9.80. The van der Waals surface area contributed by atoms with Crippen molar-refractivity contribution in [2.75, 3.05) is 59.1 Å². The molecule has 6 unspecified atom stereocenters. The zero-order valence-electron chi connectivity index (χ0n) is 16.9. The summed E-state index contributed by atoms with van der Waals surface area (Å²) in [5, 5.41) is 10.1. The number of rotatable bonds is 13. The lowest BCUT2D eigenvalue weighted by Crippen LogP contribution is -2.41. The molecule has 6 nitrogen and oxygen atoms in total. The molecule has 4 fully saturated rings. The third kappa shape index (κ3) is 7.26. The van der Waals surface area contributed by atoms with E-state index in [1.807, 2.05) is 0 Å². The molecule has 0 aromatic rings. The summed E-state index contributed by atoms with van der Waals surface area (Å²) >= 11 is 0. The zero-order valence-corrected chi connectivity index (χ0v) is 16.9. The smallest absolute Gasteiger partial charge is 0.0936 e. The van der Waals surface area contributed by atoms with E-state index in [9.17, 15) is 5.11 Å². The number of epoxide rings is 3. The standard InChI is InChI=1S/C21H38N2O4/c1-2-18(24)9-22(10-19-13-25-19)7-16-4-3-5-17(6-16)8-23(11-20-14-26-20)12-21-15-27-21/h16-21,24H,2-15H2,1H3. The van der Waals surface area contributed by atoms with E-state index in [2.05, 4.69) is 16.7 Å². The number of hydrogen-bond donors (Lipinski definition) is 1. The molecule has 156 valence electrons. The van der Waals surface area contributed by atoms with Crippen molar-refractivity contribution in [2.45, 2.75) is 63.4 Å². The molecular formula is C21H38N2O4. The molecule has 1 aliphatic carbocycles. The molecule has 6 heteroatoms. The summed E-state index contributed by atoms with van der Waals surface area (Å²) in [6.07, 6.45) is 7.30. The van der Waals surface area contributed by atoms with Crippen LogP contribution in [-0.2, 0) is 14.2 Å². The fourth-order valence-corrected chi connectivity index (χ4v) is 4.72. The van der Waals surface area contributed by atoms with Crippen molar-refractivity contribution in [1.82, 2.24) is 9.80 Å². The van der Waals surface area contributed by atoms with Gasteiger partial charge in [0.2, 0.25) is 0 Å². The van der Waals surface area contributed by atoms with Gasteiger partial charge in [-0.1, -0.05) is 13.3 Å². The van der Waals surface area contributed by atoms with Gasteiger partial charge in [-0.2, -0.15) is 0 Å². The largest absolute Gasteiger partial charge is 0.392 e. The Labute approximate surface area is 164 Å². The van der Waals surface area contributed by atoms with Crippen LogP contribution in [0.1, 0.15) is 39.0 Å². The third-order valence-electron chi connectivity index (χ3n) is 6.46. The predicted molar refractivity (Wildman–Crippen MR) is 104 cm³/mol. The van der Waals surface area contributed by atoms with E-state index in [4.69, 9.17) is 14.2 Å². The summed E-state index contributed by atoms with van der Waals surface area (Å²) in [6.45, 7) is 11.1. The Morgan fingerprint density at radius 1 is 0.815 bits per heavy atom. The molecule has 3 saturated heterocycles. The van der Waals surface area contributed by atoms with Crippen LogP contribution in [0.2, 0.25) is 0 Å². The Morgan fingerprint density at radius 2 is 1.30 bits per heavy atom. The monoisotopic (exact) mass is 382 g/mol. The lowest BCUT2D eigenvalue weighted by Gasteiger charge is -2.36. The molecule has 27 heavy (non-hydrogen) atoms. The second kappa shape index (κ2) is 9.51. The van der Waals surface area contributed by atoms with Crippen LogP contribution < -0.4 is 0 Å². The average Bonchev–Trinajstić information content (AvgIpc) is 3.48. The summed E-state index contributed by atoms with van der Waals surface area (Å²) in [5.74, 6) is 1.54. The van der Waals surface area contributed by atoms with Crippen molar-refractivity contribution in [3.63, 3.8) is 0 Å². The van der Waals surface area contributed by atoms with E-state index in [0.29, 0.717) is 18.3 Å². The van der Waals surface area contributed by atoms with Crippen LogP contribution >= 0.6 is 0 Å². The van der Waals surface area contributed by atoms with Crippen LogP contribution in [-0.4, -0.2) is 98.4 Å². The number of ether oxygens (including phenoxy) is 3. The van der Waals surface area contributed by atoms with Crippen molar-refractivity contribution >= 4 is 0 Å². The van der Waals surface area contributed by atoms with E-state index < -0.39 is 0 Å². The third-order valence-corrected chi connectivity index (χ3v) is 6.46. The Bertz CT molecular complexity index is 439. The van der Waals surface area contributed by atoms with E-state index in [1.54, 1.807) is 0 Å². The van der Waals surface area contributed by atoms with Gasteiger partial charge in [0.05, 0.1) is 44.2 Å². The van der Waals surface area contributed by atoms with E-state index >= 15 is 0 Å². The Kier molecular flexibility index (Phi) is 7.06. The molecule has 0 aromatic carbocycles. The Hall–Kier alpha value is -0.240. The molecule has 1 saturated carbocycles. The first kappa shape index (κ1) is 20.0. The van der Waals surface area contributed by atoms with Gasteiger partial charge in [-0.25, -0.2) is 0 Å². The second-order valence-electron chi connectivity index (χ2n) is 9.26.